The largest absolute Gasteiger partial charge is 0.487 e. The molecule has 0 amide bonds. The van der Waals surface area contributed by atoms with Crippen molar-refractivity contribution in [2.75, 3.05) is 0 Å². The zero-order valence-corrected chi connectivity index (χ0v) is 8.50. The first-order valence-corrected chi connectivity index (χ1v) is 4.73. The maximum atomic E-state index is 9.16. The number of benzene rings is 1. The van der Waals surface area contributed by atoms with Crippen LogP contribution in [0.5, 0.6) is 5.75 Å². The predicted octanol–water partition coefficient (Wildman–Crippen LogP) is 0.686. The van der Waals surface area contributed by atoms with Crippen molar-refractivity contribution in [2.24, 2.45) is 0 Å². The van der Waals surface area contributed by atoms with Crippen LogP contribution in [0.1, 0.15) is 25.0 Å². The zero-order valence-electron chi connectivity index (χ0n) is 8.50. The van der Waals surface area contributed by atoms with E-state index >= 15 is 0 Å². The summed E-state index contributed by atoms with van der Waals surface area (Å²) in [6, 6.07) is 3.68. The van der Waals surface area contributed by atoms with Crippen molar-refractivity contribution in [3.63, 3.8) is 0 Å². The minimum atomic E-state index is -0.181. The highest BCUT2D eigenvalue weighted by molar-refractivity contribution is 6.32. The summed E-state index contributed by atoms with van der Waals surface area (Å²) in [5, 5.41) is 9.16. The molecule has 72 valence electrons. The highest BCUT2D eigenvalue weighted by Crippen LogP contribution is 2.36. The van der Waals surface area contributed by atoms with E-state index in [0.717, 1.165) is 23.3 Å². The monoisotopic (exact) mass is 188 g/mol. The van der Waals surface area contributed by atoms with Crippen molar-refractivity contribution in [1.29, 1.82) is 0 Å². The standard InChI is InChI=1S/C11H13BO2/c1-11(2)5-7-3-9(12)4-8(6-13)10(7)14-11/h3-4,13H,5-6H2,1-2H3. The van der Waals surface area contributed by atoms with Crippen LogP contribution in [0.2, 0.25) is 0 Å². The Bertz CT molecular complexity index is 372. The van der Waals surface area contributed by atoms with Crippen LogP contribution in [0, 0.1) is 0 Å². The average molecular weight is 188 g/mol. The summed E-state index contributed by atoms with van der Waals surface area (Å²) in [6.45, 7) is 4.04. The Hall–Kier alpha value is -0.955. The molecule has 0 atom stereocenters. The number of ether oxygens (including phenoxy) is 1. The molecule has 2 radical (unpaired) electrons. The minimum absolute atomic E-state index is 0.0244. The van der Waals surface area contributed by atoms with Crippen molar-refractivity contribution in [3.8, 4) is 5.75 Å². The van der Waals surface area contributed by atoms with E-state index in [-0.39, 0.29) is 12.2 Å². The van der Waals surface area contributed by atoms with E-state index in [0.29, 0.717) is 5.46 Å². The van der Waals surface area contributed by atoms with Crippen molar-refractivity contribution < 1.29 is 9.84 Å². The van der Waals surface area contributed by atoms with Crippen molar-refractivity contribution >= 4 is 13.3 Å². The second-order valence-electron chi connectivity index (χ2n) is 4.36. The molecule has 1 aromatic carbocycles. The molecule has 1 aromatic rings. The topological polar surface area (TPSA) is 29.5 Å². The summed E-state index contributed by atoms with van der Waals surface area (Å²) < 4.78 is 5.76. The van der Waals surface area contributed by atoms with Crippen LogP contribution in [-0.2, 0) is 13.0 Å². The first-order chi connectivity index (χ1) is 6.52. The first kappa shape index (κ1) is 9.59. The Morgan fingerprint density at radius 1 is 1.50 bits per heavy atom. The number of hydrogen-bond donors (Lipinski definition) is 1. The third-order valence-corrected chi connectivity index (χ3v) is 2.43. The van der Waals surface area contributed by atoms with Gasteiger partial charge in [0.05, 0.1) is 6.61 Å². The fourth-order valence-electron chi connectivity index (χ4n) is 1.93. The lowest BCUT2D eigenvalue weighted by Crippen LogP contribution is -2.24. The zero-order chi connectivity index (χ0) is 10.3. The minimum Gasteiger partial charge on any atom is -0.487 e. The maximum absolute atomic E-state index is 9.16. The van der Waals surface area contributed by atoms with Gasteiger partial charge in [0.2, 0.25) is 0 Å². The van der Waals surface area contributed by atoms with E-state index in [1.165, 1.54) is 0 Å². The molecule has 3 heteroatoms. The molecule has 0 bridgehead atoms. The Labute approximate surface area is 85.3 Å². The van der Waals surface area contributed by atoms with Gasteiger partial charge < -0.3 is 9.84 Å². The van der Waals surface area contributed by atoms with E-state index in [1.807, 2.05) is 19.9 Å². The van der Waals surface area contributed by atoms with Gasteiger partial charge in [-0.15, -0.1) is 0 Å². The van der Waals surface area contributed by atoms with Crippen molar-refractivity contribution in [3.05, 3.63) is 23.3 Å². The highest BCUT2D eigenvalue weighted by Gasteiger charge is 2.31. The van der Waals surface area contributed by atoms with Crippen LogP contribution in [0.3, 0.4) is 0 Å². The molecule has 1 heterocycles. The van der Waals surface area contributed by atoms with E-state index in [9.17, 15) is 0 Å². The van der Waals surface area contributed by atoms with Gasteiger partial charge in [-0.25, -0.2) is 0 Å². The number of rotatable bonds is 1. The summed E-state index contributed by atoms with van der Waals surface area (Å²) >= 11 is 0. The van der Waals surface area contributed by atoms with E-state index < -0.39 is 0 Å². The molecule has 0 fully saturated rings. The molecule has 2 rings (SSSR count). The molecule has 0 aromatic heterocycles. The summed E-state index contributed by atoms with van der Waals surface area (Å²) in [6.07, 6.45) is 0.848. The van der Waals surface area contributed by atoms with Gasteiger partial charge in [0.1, 0.15) is 19.2 Å². The number of fused-ring (bicyclic) bond motifs is 1. The van der Waals surface area contributed by atoms with Gasteiger partial charge in [-0.2, -0.15) is 0 Å². The number of aliphatic hydroxyl groups excluding tert-OH is 1. The van der Waals surface area contributed by atoms with Gasteiger partial charge in [-0.1, -0.05) is 17.6 Å². The predicted molar refractivity (Wildman–Crippen MR) is 56.2 cm³/mol. The van der Waals surface area contributed by atoms with E-state index in [2.05, 4.69) is 0 Å². The summed E-state index contributed by atoms with van der Waals surface area (Å²) in [5.74, 6) is 0.812. The first-order valence-electron chi connectivity index (χ1n) is 4.73. The molecule has 0 saturated heterocycles. The molecule has 1 aliphatic rings. The van der Waals surface area contributed by atoms with Crippen LogP contribution >= 0.6 is 0 Å². The molecule has 0 aliphatic carbocycles. The van der Waals surface area contributed by atoms with Crippen LogP contribution in [0.25, 0.3) is 0 Å². The normalized spacial score (nSPS) is 17.6. The SMILES string of the molecule is [B]c1cc(CO)c2c(c1)CC(C)(C)O2. The lowest BCUT2D eigenvalue weighted by molar-refractivity contribution is 0.134. The Balaban J connectivity index is 2.50. The van der Waals surface area contributed by atoms with Crippen LogP contribution in [0.4, 0.5) is 0 Å². The lowest BCUT2D eigenvalue weighted by Gasteiger charge is -2.17. The van der Waals surface area contributed by atoms with Crippen LogP contribution < -0.4 is 10.2 Å². The Kier molecular flexibility index (Phi) is 2.07. The maximum Gasteiger partial charge on any atom is 0.128 e. The van der Waals surface area contributed by atoms with Crippen molar-refractivity contribution in [1.82, 2.24) is 0 Å². The van der Waals surface area contributed by atoms with E-state index in [1.54, 1.807) is 6.07 Å². The van der Waals surface area contributed by atoms with Gasteiger partial charge >= 0.3 is 0 Å². The summed E-state index contributed by atoms with van der Waals surface area (Å²) in [7, 11) is 5.73. The lowest BCUT2D eigenvalue weighted by atomic mass is 9.90. The second-order valence-corrected chi connectivity index (χ2v) is 4.36. The molecular weight excluding hydrogens is 175 g/mol. The van der Waals surface area contributed by atoms with Gasteiger partial charge in [-0.3, -0.25) is 0 Å². The van der Waals surface area contributed by atoms with Crippen molar-refractivity contribution in [2.45, 2.75) is 32.5 Å². The van der Waals surface area contributed by atoms with Gasteiger partial charge in [-0.05, 0) is 19.4 Å². The summed E-state index contributed by atoms with van der Waals surface area (Å²) in [5.41, 5.74) is 2.39. The smallest absolute Gasteiger partial charge is 0.128 e. The number of aliphatic hydroxyl groups is 1. The molecule has 0 spiro atoms. The molecule has 2 nitrogen and oxygen atoms in total. The number of hydrogen-bond acceptors (Lipinski definition) is 2. The molecule has 0 unspecified atom stereocenters. The second kappa shape index (κ2) is 3.02. The van der Waals surface area contributed by atoms with E-state index in [4.69, 9.17) is 17.7 Å². The van der Waals surface area contributed by atoms with Gasteiger partial charge in [0.15, 0.2) is 0 Å². The fourth-order valence-corrected chi connectivity index (χ4v) is 1.93. The van der Waals surface area contributed by atoms with Crippen LogP contribution in [0.15, 0.2) is 12.1 Å². The molecule has 0 saturated carbocycles. The quantitative estimate of drug-likeness (QED) is 0.657. The average Bonchev–Trinajstić information content (AvgIpc) is 2.37. The Morgan fingerprint density at radius 3 is 2.86 bits per heavy atom. The van der Waals surface area contributed by atoms with Crippen LogP contribution in [-0.4, -0.2) is 18.6 Å². The van der Waals surface area contributed by atoms with Gasteiger partial charge in [0, 0.05) is 12.0 Å². The highest BCUT2D eigenvalue weighted by atomic mass is 16.5. The Morgan fingerprint density at radius 2 is 2.21 bits per heavy atom. The third-order valence-electron chi connectivity index (χ3n) is 2.43. The molecule has 1 N–H and O–H groups in total. The molecular formula is C11H13BO2. The molecule has 14 heavy (non-hydrogen) atoms. The summed E-state index contributed by atoms with van der Waals surface area (Å²) in [4.78, 5) is 0. The third kappa shape index (κ3) is 1.52. The van der Waals surface area contributed by atoms with Gasteiger partial charge in [0.25, 0.3) is 0 Å². The molecule has 1 aliphatic heterocycles. The fraction of sp³-hybridized carbons (Fsp3) is 0.455.